The fraction of sp³-hybridized carbons (Fsp3) is 0.481. The molecule has 1 aliphatic rings. The molecule has 4 rings (SSSR count). The van der Waals surface area contributed by atoms with E-state index in [0.717, 1.165) is 67.0 Å². The molecule has 0 radical (unpaired) electrons. The van der Waals surface area contributed by atoms with Crippen LogP contribution in [0, 0.1) is 5.92 Å². The van der Waals surface area contributed by atoms with Crippen molar-refractivity contribution in [1.29, 1.82) is 0 Å². The van der Waals surface area contributed by atoms with Crippen LogP contribution in [0.15, 0.2) is 48.5 Å². The van der Waals surface area contributed by atoms with Gasteiger partial charge in [0.1, 0.15) is 17.3 Å². The molecule has 3 aromatic rings. The summed E-state index contributed by atoms with van der Waals surface area (Å²) in [5, 5.41) is 3.15. The molecular formula is C27H35N3O3. The lowest BCUT2D eigenvalue weighted by Gasteiger charge is -2.20. The van der Waals surface area contributed by atoms with Crippen molar-refractivity contribution in [3.8, 4) is 11.5 Å². The van der Waals surface area contributed by atoms with Gasteiger partial charge in [-0.25, -0.2) is 4.98 Å². The predicted molar refractivity (Wildman–Crippen MR) is 131 cm³/mol. The molecule has 33 heavy (non-hydrogen) atoms. The summed E-state index contributed by atoms with van der Waals surface area (Å²) in [5.74, 6) is 3.14. The molecule has 0 bridgehead atoms. The Hall–Kier alpha value is -3.02. The summed E-state index contributed by atoms with van der Waals surface area (Å²) < 4.78 is 13.5. The van der Waals surface area contributed by atoms with Crippen LogP contribution < -0.4 is 14.8 Å². The Morgan fingerprint density at radius 3 is 2.73 bits per heavy atom. The number of carbonyl (C=O) groups is 1. The van der Waals surface area contributed by atoms with Crippen LogP contribution in [0.4, 0.5) is 0 Å². The largest absolute Gasteiger partial charge is 0.497 e. The van der Waals surface area contributed by atoms with E-state index < -0.39 is 0 Å². The number of amides is 1. The molecule has 6 nitrogen and oxygen atoms in total. The number of aromatic nitrogens is 2. The quantitative estimate of drug-likeness (QED) is 0.412. The lowest BCUT2D eigenvalue weighted by Crippen LogP contribution is -2.32. The highest BCUT2D eigenvalue weighted by Gasteiger charge is 2.20. The Balaban J connectivity index is 1.30. The van der Waals surface area contributed by atoms with Crippen molar-refractivity contribution >= 4 is 16.9 Å². The maximum absolute atomic E-state index is 12.4. The number of carbonyl (C=O) groups excluding carboxylic acids is 1. The van der Waals surface area contributed by atoms with Gasteiger partial charge in [0.15, 0.2) is 0 Å². The zero-order chi connectivity index (χ0) is 22.9. The van der Waals surface area contributed by atoms with Gasteiger partial charge in [-0.3, -0.25) is 4.79 Å². The number of benzene rings is 2. The van der Waals surface area contributed by atoms with Gasteiger partial charge < -0.3 is 19.4 Å². The SMILES string of the molecule is COc1cccc(OCCCn2c(CCCNC(=O)C3CCCCC3)nc3ccccc32)c1. The maximum atomic E-state index is 12.4. The van der Waals surface area contributed by atoms with Crippen LogP contribution in [0.3, 0.4) is 0 Å². The number of rotatable bonds is 11. The van der Waals surface area contributed by atoms with E-state index in [1.807, 2.05) is 30.3 Å². The molecule has 1 saturated carbocycles. The highest BCUT2D eigenvalue weighted by molar-refractivity contribution is 5.78. The number of hydrogen-bond acceptors (Lipinski definition) is 4. The third kappa shape index (κ3) is 6.28. The molecule has 0 atom stereocenters. The Labute approximate surface area is 196 Å². The van der Waals surface area contributed by atoms with Crippen molar-refractivity contribution in [1.82, 2.24) is 14.9 Å². The number of nitrogens with one attached hydrogen (secondary N) is 1. The van der Waals surface area contributed by atoms with Crippen molar-refractivity contribution in [3.05, 3.63) is 54.4 Å². The minimum Gasteiger partial charge on any atom is -0.497 e. The average molecular weight is 450 g/mol. The number of para-hydroxylation sites is 2. The summed E-state index contributed by atoms with van der Waals surface area (Å²) in [5.41, 5.74) is 2.17. The first-order valence-corrected chi connectivity index (χ1v) is 12.2. The number of ether oxygens (including phenoxy) is 2. The van der Waals surface area contributed by atoms with E-state index in [4.69, 9.17) is 14.5 Å². The molecule has 1 aliphatic carbocycles. The number of fused-ring (bicyclic) bond motifs is 1. The van der Waals surface area contributed by atoms with E-state index in [0.29, 0.717) is 13.2 Å². The second-order valence-corrected chi connectivity index (χ2v) is 8.78. The van der Waals surface area contributed by atoms with Crippen LogP contribution >= 0.6 is 0 Å². The summed E-state index contributed by atoms with van der Waals surface area (Å²) in [6.45, 7) is 2.17. The maximum Gasteiger partial charge on any atom is 0.223 e. The van der Waals surface area contributed by atoms with Gasteiger partial charge in [0, 0.05) is 31.5 Å². The Kier molecular flexibility index (Phi) is 8.23. The monoisotopic (exact) mass is 449 g/mol. The molecule has 0 unspecified atom stereocenters. The minimum atomic E-state index is 0.216. The smallest absolute Gasteiger partial charge is 0.223 e. The topological polar surface area (TPSA) is 65.4 Å². The molecule has 1 N–H and O–H groups in total. The van der Waals surface area contributed by atoms with Crippen molar-refractivity contribution in [3.63, 3.8) is 0 Å². The van der Waals surface area contributed by atoms with Crippen LogP contribution in [0.1, 0.15) is 50.8 Å². The third-order valence-electron chi connectivity index (χ3n) is 6.42. The lowest BCUT2D eigenvalue weighted by molar-refractivity contribution is -0.125. The molecule has 2 aromatic carbocycles. The van der Waals surface area contributed by atoms with Crippen LogP contribution in [-0.2, 0) is 17.8 Å². The van der Waals surface area contributed by atoms with Gasteiger partial charge in [0.2, 0.25) is 5.91 Å². The highest BCUT2D eigenvalue weighted by Crippen LogP contribution is 2.24. The zero-order valence-electron chi connectivity index (χ0n) is 19.6. The number of imidazole rings is 1. The molecule has 6 heteroatoms. The first-order chi connectivity index (χ1) is 16.2. The van der Waals surface area contributed by atoms with Gasteiger partial charge in [0.25, 0.3) is 0 Å². The molecule has 1 fully saturated rings. The summed E-state index contributed by atoms with van der Waals surface area (Å²) in [6.07, 6.45) is 8.33. The van der Waals surface area contributed by atoms with Gasteiger partial charge in [-0.15, -0.1) is 0 Å². The number of nitrogens with zero attached hydrogens (tertiary/aromatic N) is 2. The first kappa shape index (κ1) is 23.1. The number of methoxy groups -OCH3 is 1. The van der Waals surface area contributed by atoms with Gasteiger partial charge in [0.05, 0.1) is 24.8 Å². The number of aryl methyl sites for hydroxylation is 2. The molecule has 1 amide bonds. The van der Waals surface area contributed by atoms with E-state index in [2.05, 4.69) is 28.1 Å². The summed E-state index contributed by atoms with van der Waals surface area (Å²) in [6, 6.07) is 16.0. The molecule has 0 spiro atoms. The van der Waals surface area contributed by atoms with Gasteiger partial charge in [-0.1, -0.05) is 37.5 Å². The molecule has 0 aliphatic heterocycles. The van der Waals surface area contributed by atoms with Crippen LogP contribution in [0.25, 0.3) is 11.0 Å². The van der Waals surface area contributed by atoms with E-state index in [1.54, 1.807) is 7.11 Å². The molecule has 176 valence electrons. The van der Waals surface area contributed by atoms with Crippen LogP contribution in [0.2, 0.25) is 0 Å². The zero-order valence-corrected chi connectivity index (χ0v) is 19.6. The fourth-order valence-corrected chi connectivity index (χ4v) is 4.64. The third-order valence-corrected chi connectivity index (χ3v) is 6.42. The molecular weight excluding hydrogens is 414 g/mol. The first-order valence-electron chi connectivity index (χ1n) is 12.2. The molecule has 0 saturated heterocycles. The molecule has 1 heterocycles. The highest BCUT2D eigenvalue weighted by atomic mass is 16.5. The Morgan fingerprint density at radius 2 is 1.88 bits per heavy atom. The second-order valence-electron chi connectivity index (χ2n) is 8.78. The summed E-state index contributed by atoms with van der Waals surface area (Å²) >= 11 is 0. The number of hydrogen-bond donors (Lipinski definition) is 1. The van der Waals surface area contributed by atoms with Crippen molar-refractivity contribution in [2.45, 2.75) is 57.9 Å². The average Bonchev–Trinajstić information content (AvgIpc) is 3.22. The predicted octanol–water partition coefficient (Wildman–Crippen LogP) is 5.14. The van der Waals surface area contributed by atoms with Gasteiger partial charge in [-0.2, -0.15) is 0 Å². The van der Waals surface area contributed by atoms with E-state index in [-0.39, 0.29) is 11.8 Å². The fourth-order valence-electron chi connectivity index (χ4n) is 4.64. The summed E-state index contributed by atoms with van der Waals surface area (Å²) in [7, 11) is 1.66. The molecule has 1 aromatic heterocycles. The van der Waals surface area contributed by atoms with Gasteiger partial charge >= 0.3 is 0 Å². The van der Waals surface area contributed by atoms with Crippen LogP contribution in [0.5, 0.6) is 11.5 Å². The van der Waals surface area contributed by atoms with Crippen LogP contribution in [-0.4, -0.2) is 35.7 Å². The standard InChI is InChI=1S/C27H35N3O3/c1-32-22-12-7-13-23(20-22)33-19-9-18-30-25-15-6-5-14-24(25)29-26(30)16-8-17-28-27(31)21-10-3-2-4-11-21/h5-7,12-15,20-21H,2-4,8-11,16-19H2,1H3,(H,28,31). The normalized spacial score (nSPS) is 14.3. The van der Waals surface area contributed by atoms with E-state index in [9.17, 15) is 4.79 Å². The second kappa shape index (κ2) is 11.7. The van der Waals surface area contributed by atoms with Gasteiger partial charge in [-0.05, 0) is 49.9 Å². The lowest BCUT2D eigenvalue weighted by atomic mass is 9.89. The van der Waals surface area contributed by atoms with Crippen molar-refractivity contribution < 1.29 is 14.3 Å². The van der Waals surface area contributed by atoms with Crippen molar-refractivity contribution in [2.24, 2.45) is 5.92 Å². The van der Waals surface area contributed by atoms with E-state index in [1.165, 1.54) is 19.3 Å². The minimum absolute atomic E-state index is 0.216. The van der Waals surface area contributed by atoms with Crippen molar-refractivity contribution in [2.75, 3.05) is 20.3 Å². The Morgan fingerprint density at radius 1 is 1.06 bits per heavy atom. The Bertz CT molecular complexity index is 1040. The van der Waals surface area contributed by atoms with E-state index >= 15 is 0 Å². The summed E-state index contributed by atoms with van der Waals surface area (Å²) in [4.78, 5) is 17.3.